The number of hydrogen-bond acceptors (Lipinski definition) is 3. The Balaban J connectivity index is 2.22. The van der Waals surface area contributed by atoms with Crippen LogP contribution in [0.2, 0.25) is 5.02 Å². The third-order valence-electron chi connectivity index (χ3n) is 2.38. The fraction of sp³-hybridized carbons (Fsp3) is 0. The molecule has 0 bridgehead atoms. The normalized spacial score (nSPS) is 10.1. The van der Waals surface area contributed by atoms with Crippen molar-refractivity contribution in [3.05, 3.63) is 53.1 Å². The number of nitrogen functional groups attached to an aromatic ring is 2. The summed E-state index contributed by atoms with van der Waals surface area (Å²) >= 11 is 5.96. The van der Waals surface area contributed by atoms with Gasteiger partial charge >= 0.3 is 0 Å². The van der Waals surface area contributed by atoms with E-state index in [1.807, 2.05) is 0 Å². The van der Waals surface area contributed by atoms with Gasteiger partial charge in [-0.3, -0.25) is 4.79 Å². The first-order valence-corrected chi connectivity index (χ1v) is 5.66. The zero-order valence-electron chi connectivity index (χ0n) is 9.48. The molecule has 1 amide bonds. The second-order valence-electron chi connectivity index (χ2n) is 3.82. The molecule has 2 aromatic rings. The first-order chi connectivity index (χ1) is 8.56. The molecule has 0 aliphatic carbocycles. The first kappa shape index (κ1) is 12.3. The van der Waals surface area contributed by atoms with E-state index in [1.165, 1.54) is 6.07 Å². The molecule has 2 aromatic carbocycles. The van der Waals surface area contributed by atoms with Crippen molar-refractivity contribution in [3.63, 3.8) is 0 Å². The monoisotopic (exact) mass is 261 g/mol. The maximum absolute atomic E-state index is 12.0. The summed E-state index contributed by atoms with van der Waals surface area (Å²) in [6.07, 6.45) is 0. The second kappa shape index (κ2) is 4.98. The summed E-state index contributed by atoms with van der Waals surface area (Å²) in [6.45, 7) is 0. The Morgan fingerprint density at radius 1 is 1.06 bits per heavy atom. The van der Waals surface area contributed by atoms with Gasteiger partial charge in [0.2, 0.25) is 0 Å². The number of nitrogens with one attached hydrogen (secondary N) is 1. The molecule has 0 aromatic heterocycles. The Bertz CT molecular complexity index is 599. The molecular formula is C13H12ClN3O. The molecule has 5 heteroatoms. The number of amides is 1. The average molecular weight is 262 g/mol. The van der Waals surface area contributed by atoms with Gasteiger partial charge < -0.3 is 16.8 Å². The fourth-order valence-corrected chi connectivity index (χ4v) is 1.81. The summed E-state index contributed by atoms with van der Waals surface area (Å²) < 4.78 is 0. The minimum atomic E-state index is -0.300. The van der Waals surface area contributed by atoms with E-state index in [0.717, 1.165) is 0 Å². The van der Waals surface area contributed by atoms with E-state index in [9.17, 15) is 4.79 Å². The molecule has 4 nitrogen and oxygen atoms in total. The largest absolute Gasteiger partial charge is 0.399 e. The number of carbonyl (C=O) groups is 1. The van der Waals surface area contributed by atoms with Crippen molar-refractivity contribution in [3.8, 4) is 0 Å². The SMILES string of the molecule is Nc1cccc(NC(=O)c2ccc(N)cc2Cl)c1. The highest BCUT2D eigenvalue weighted by Gasteiger charge is 2.10. The molecule has 0 unspecified atom stereocenters. The molecule has 0 atom stereocenters. The number of hydrogen-bond donors (Lipinski definition) is 3. The maximum atomic E-state index is 12.0. The van der Waals surface area contributed by atoms with Gasteiger partial charge in [-0.2, -0.15) is 0 Å². The van der Waals surface area contributed by atoms with Crippen LogP contribution in [0.15, 0.2) is 42.5 Å². The lowest BCUT2D eigenvalue weighted by atomic mass is 10.2. The Morgan fingerprint density at radius 3 is 2.44 bits per heavy atom. The topological polar surface area (TPSA) is 81.1 Å². The van der Waals surface area contributed by atoms with E-state index >= 15 is 0 Å². The molecular weight excluding hydrogens is 250 g/mol. The predicted molar refractivity (Wildman–Crippen MR) is 74.7 cm³/mol. The van der Waals surface area contributed by atoms with Gasteiger partial charge in [0.15, 0.2) is 0 Å². The van der Waals surface area contributed by atoms with Crippen LogP contribution in [0.1, 0.15) is 10.4 Å². The number of anilines is 3. The Morgan fingerprint density at radius 2 is 1.78 bits per heavy atom. The lowest BCUT2D eigenvalue weighted by molar-refractivity contribution is 0.102. The van der Waals surface area contributed by atoms with Crippen molar-refractivity contribution in [1.29, 1.82) is 0 Å². The van der Waals surface area contributed by atoms with Crippen LogP contribution in [0.5, 0.6) is 0 Å². The molecule has 2 rings (SSSR count). The van der Waals surface area contributed by atoms with Crippen LogP contribution in [0, 0.1) is 0 Å². The summed E-state index contributed by atoms with van der Waals surface area (Å²) in [5.41, 5.74) is 13.3. The summed E-state index contributed by atoms with van der Waals surface area (Å²) in [7, 11) is 0. The molecule has 0 heterocycles. The van der Waals surface area contributed by atoms with Crippen molar-refractivity contribution in [2.24, 2.45) is 0 Å². The molecule has 0 aliphatic rings. The quantitative estimate of drug-likeness (QED) is 0.727. The Kier molecular flexibility index (Phi) is 3.39. The van der Waals surface area contributed by atoms with Gasteiger partial charge in [-0.15, -0.1) is 0 Å². The van der Waals surface area contributed by atoms with Crippen LogP contribution in [0.25, 0.3) is 0 Å². The van der Waals surface area contributed by atoms with Crippen molar-refractivity contribution in [2.45, 2.75) is 0 Å². The van der Waals surface area contributed by atoms with Crippen LogP contribution in [0.3, 0.4) is 0 Å². The van der Waals surface area contributed by atoms with Crippen LogP contribution in [0.4, 0.5) is 17.1 Å². The maximum Gasteiger partial charge on any atom is 0.257 e. The van der Waals surface area contributed by atoms with Gasteiger partial charge in [-0.25, -0.2) is 0 Å². The highest BCUT2D eigenvalue weighted by molar-refractivity contribution is 6.34. The standard InChI is InChI=1S/C13H12ClN3O/c14-12-7-9(16)4-5-11(12)13(18)17-10-3-1-2-8(15)6-10/h1-7H,15-16H2,(H,17,18). The number of carbonyl (C=O) groups excluding carboxylic acids is 1. The van der Waals surface area contributed by atoms with Gasteiger partial charge in [0.25, 0.3) is 5.91 Å². The molecule has 0 saturated heterocycles. The van der Waals surface area contributed by atoms with Gasteiger partial charge in [-0.05, 0) is 36.4 Å². The molecule has 0 aliphatic heterocycles. The van der Waals surface area contributed by atoms with E-state index in [2.05, 4.69) is 5.32 Å². The van der Waals surface area contributed by atoms with Crippen LogP contribution in [-0.2, 0) is 0 Å². The molecule has 0 radical (unpaired) electrons. The smallest absolute Gasteiger partial charge is 0.257 e. The van der Waals surface area contributed by atoms with E-state index in [4.69, 9.17) is 23.1 Å². The predicted octanol–water partition coefficient (Wildman–Crippen LogP) is 2.76. The molecule has 92 valence electrons. The van der Waals surface area contributed by atoms with Crippen LogP contribution >= 0.6 is 11.6 Å². The first-order valence-electron chi connectivity index (χ1n) is 5.28. The van der Waals surface area contributed by atoms with E-state index in [0.29, 0.717) is 27.6 Å². The van der Waals surface area contributed by atoms with E-state index in [-0.39, 0.29) is 5.91 Å². The number of nitrogens with two attached hydrogens (primary N) is 2. The van der Waals surface area contributed by atoms with Crippen LogP contribution in [-0.4, -0.2) is 5.91 Å². The highest BCUT2D eigenvalue weighted by Crippen LogP contribution is 2.21. The lowest BCUT2D eigenvalue weighted by Gasteiger charge is -2.07. The van der Waals surface area contributed by atoms with Gasteiger partial charge in [0.1, 0.15) is 0 Å². The highest BCUT2D eigenvalue weighted by atomic mass is 35.5. The van der Waals surface area contributed by atoms with Crippen molar-refractivity contribution in [1.82, 2.24) is 0 Å². The van der Waals surface area contributed by atoms with Crippen molar-refractivity contribution >= 4 is 34.6 Å². The number of benzene rings is 2. The fourth-order valence-electron chi connectivity index (χ4n) is 1.53. The molecule has 5 N–H and O–H groups in total. The Hall–Kier alpha value is -2.20. The molecule has 0 spiro atoms. The average Bonchev–Trinajstić information content (AvgIpc) is 2.28. The van der Waals surface area contributed by atoms with E-state index in [1.54, 1.807) is 36.4 Å². The third kappa shape index (κ3) is 2.73. The van der Waals surface area contributed by atoms with Crippen LogP contribution < -0.4 is 16.8 Å². The number of rotatable bonds is 2. The molecule has 0 saturated carbocycles. The number of halogens is 1. The van der Waals surface area contributed by atoms with Crippen molar-refractivity contribution < 1.29 is 4.79 Å². The molecule has 0 fully saturated rings. The lowest BCUT2D eigenvalue weighted by Crippen LogP contribution is -2.12. The van der Waals surface area contributed by atoms with E-state index < -0.39 is 0 Å². The zero-order valence-corrected chi connectivity index (χ0v) is 10.2. The van der Waals surface area contributed by atoms with Gasteiger partial charge in [0.05, 0.1) is 10.6 Å². The minimum Gasteiger partial charge on any atom is -0.399 e. The van der Waals surface area contributed by atoms with Gasteiger partial charge in [0, 0.05) is 17.1 Å². The summed E-state index contributed by atoms with van der Waals surface area (Å²) in [5.74, 6) is -0.300. The summed E-state index contributed by atoms with van der Waals surface area (Å²) in [4.78, 5) is 12.0. The minimum absolute atomic E-state index is 0.300. The second-order valence-corrected chi connectivity index (χ2v) is 4.23. The summed E-state index contributed by atoms with van der Waals surface area (Å²) in [5, 5.41) is 3.03. The van der Waals surface area contributed by atoms with Gasteiger partial charge in [-0.1, -0.05) is 17.7 Å². The third-order valence-corrected chi connectivity index (χ3v) is 2.69. The summed E-state index contributed by atoms with van der Waals surface area (Å²) in [6, 6.07) is 11.7. The zero-order chi connectivity index (χ0) is 13.1. The Labute approximate surface area is 110 Å². The van der Waals surface area contributed by atoms with Crippen molar-refractivity contribution in [2.75, 3.05) is 16.8 Å². The molecule has 18 heavy (non-hydrogen) atoms.